The quantitative estimate of drug-likeness (QED) is 0.727. The molecule has 0 unspecified atom stereocenters. The normalized spacial score (nSPS) is 24.8. The molecule has 0 N–H and O–H groups in total. The Kier molecular flexibility index (Phi) is 3.51. The number of piperidine rings is 1. The summed E-state index contributed by atoms with van der Waals surface area (Å²) in [6.45, 7) is 8.26. The molecule has 17 heavy (non-hydrogen) atoms. The molecule has 2 atom stereocenters. The van der Waals surface area contributed by atoms with Crippen LogP contribution in [0.2, 0.25) is 0 Å². The van der Waals surface area contributed by atoms with Crippen molar-refractivity contribution in [3.05, 3.63) is 35.4 Å². The third-order valence-electron chi connectivity index (χ3n) is 3.53. The summed E-state index contributed by atoms with van der Waals surface area (Å²) in [6, 6.07) is 7.86. The SMILES string of the molecule is Cc1ccccc1C(=O)N1C[C@@H](C)C[C@H](C)C1. The van der Waals surface area contributed by atoms with E-state index in [2.05, 4.69) is 13.8 Å². The first-order chi connectivity index (χ1) is 8.08. The van der Waals surface area contributed by atoms with Crippen molar-refractivity contribution in [2.24, 2.45) is 11.8 Å². The molecule has 1 aromatic rings. The number of likely N-dealkylation sites (tertiary alicyclic amines) is 1. The third kappa shape index (κ3) is 2.68. The Balaban J connectivity index is 2.17. The summed E-state index contributed by atoms with van der Waals surface area (Å²) < 4.78 is 0. The van der Waals surface area contributed by atoms with Gasteiger partial charge in [0.2, 0.25) is 0 Å². The number of aryl methyl sites for hydroxylation is 1. The van der Waals surface area contributed by atoms with Crippen LogP contribution in [0.3, 0.4) is 0 Å². The van der Waals surface area contributed by atoms with Gasteiger partial charge in [0.05, 0.1) is 0 Å². The summed E-state index contributed by atoms with van der Waals surface area (Å²) in [5.41, 5.74) is 1.93. The van der Waals surface area contributed by atoms with E-state index in [1.807, 2.05) is 36.1 Å². The number of amides is 1. The summed E-state index contributed by atoms with van der Waals surface area (Å²) in [5, 5.41) is 0. The maximum Gasteiger partial charge on any atom is 0.254 e. The Morgan fingerprint density at radius 2 is 1.76 bits per heavy atom. The lowest BCUT2D eigenvalue weighted by atomic mass is 9.91. The molecular weight excluding hydrogens is 210 g/mol. The van der Waals surface area contributed by atoms with Crippen LogP contribution in [0.1, 0.15) is 36.2 Å². The van der Waals surface area contributed by atoms with Gasteiger partial charge in [-0.1, -0.05) is 32.0 Å². The molecule has 1 amide bonds. The zero-order valence-corrected chi connectivity index (χ0v) is 10.9. The Hall–Kier alpha value is -1.31. The molecule has 1 saturated heterocycles. The highest BCUT2D eigenvalue weighted by molar-refractivity contribution is 5.95. The van der Waals surface area contributed by atoms with Crippen LogP contribution in [0.15, 0.2) is 24.3 Å². The second-order valence-corrected chi connectivity index (χ2v) is 5.47. The fraction of sp³-hybridized carbons (Fsp3) is 0.533. The zero-order chi connectivity index (χ0) is 12.4. The van der Waals surface area contributed by atoms with Crippen molar-refractivity contribution in [2.75, 3.05) is 13.1 Å². The highest BCUT2D eigenvalue weighted by atomic mass is 16.2. The predicted octanol–water partition coefficient (Wildman–Crippen LogP) is 3.11. The molecule has 1 fully saturated rings. The van der Waals surface area contributed by atoms with E-state index in [1.165, 1.54) is 6.42 Å². The molecular formula is C15H21NO. The molecule has 1 aliphatic rings. The minimum absolute atomic E-state index is 0.196. The van der Waals surface area contributed by atoms with Gasteiger partial charge in [0.1, 0.15) is 0 Å². The summed E-state index contributed by atoms with van der Waals surface area (Å²) in [6.07, 6.45) is 1.23. The lowest BCUT2D eigenvalue weighted by Gasteiger charge is -2.35. The number of rotatable bonds is 1. The van der Waals surface area contributed by atoms with E-state index in [0.29, 0.717) is 11.8 Å². The Bertz CT molecular complexity index is 403. The van der Waals surface area contributed by atoms with Gasteiger partial charge in [0.15, 0.2) is 0 Å². The van der Waals surface area contributed by atoms with Crippen molar-refractivity contribution < 1.29 is 4.79 Å². The molecule has 0 aliphatic carbocycles. The van der Waals surface area contributed by atoms with Gasteiger partial charge in [-0.3, -0.25) is 4.79 Å². The molecule has 2 nitrogen and oxygen atoms in total. The van der Waals surface area contributed by atoms with Gasteiger partial charge in [-0.2, -0.15) is 0 Å². The number of benzene rings is 1. The highest BCUT2D eigenvalue weighted by Gasteiger charge is 2.26. The van der Waals surface area contributed by atoms with Crippen LogP contribution in [-0.4, -0.2) is 23.9 Å². The van der Waals surface area contributed by atoms with Crippen LogP contribution in [0, 0.1) is 18.8 Å². The van der Waals surface area contributed by atoms with Gasteiger partial charge in [-0.25, -0.2) is 0 Å². The van der Waals surface area contributed by atoms with Crippen molar-refractivity contribution in [3.63, 3.8) is 0 Å². The average molecular weight is 231 g/mol. The van der Waals surface area contributed by atoms with Crippen molar-refractivity contribution in [1.29, 1.82) is 0 Å². The van der Waals surface area contributed by atoms with Crippen LogP contribution in [-0.2, 0) is 0 Å². The number of carbonyl (C=O) groups excluding carboxylic acids is 1. The fourth-order valence-electron chi connectivity index (χ4n) is 2.81. The van der Waals surface area contributed by atoms with E-state index in [9.17, 15) is 4.79 Å². The Morgan fingerprint density at radius 3 is 2.35 bits per heavy atom. The topological polar surface area (TPSA) is 20.3 Å². The van der Waals surface area contributed by atoms with E-state index in [4.69, 9.17) is 0 Å². The van der Waals surface area contributed by atoms with Crippen molar-refractivity contribution in [3.8, 4) is 0 Å². The number of nitrogens with zero attached hydrogens (tertiary/aromatic N) is 1. The first-order valence-corrected chi connectivity index (χ1v) is 6.43. The Labute approximate surface area is 104 Å². The summed E-state index contributed by atoms with van der Waals surface area (Å²) in [4.78, 5) is 14.5. The molecule has 0 saturated carbocycles. The molecule has 0 aromatic heterocycles. The summed E-state index contributed by atoms with van der Waals surface area (Å²) in [7, 11) is 0. The first-order valence-electron chi connectivity index (χ1n) is 6.43. The Morgan fingerprint density at radius 1 is 1.18 bits per heavy atom. The number of hydrogen-bond donors (Lipinski definition) is 0. The van der Waals surface area contributed by atoms with Crippen LogP contribution >= 0.6 is 0 Å². The van der Waals surface area contributed by atoms with Crippen LogP contribution in [0.25, 0.3) is 0 Å². The van der Waals surface area contributed by atoms with Crippen LogP contribution in [0.4, 0.5) is 0 Å². The second-order valence-electron chi connectivity index (χ2n) is 5.47. The van der Waals surface area contributed by atoms with E-state index in [0.717, 1.165) is 24.2 Å². The van der Waals surface area contributed by atoms with E-state index >= 15 is 0 Å². The van der Waals surface area contributed by atoms with Gasteiger partial charge in [0.25, 0.3) is 5.91 Å². The standard InChI is InChI=1S/C15H21NO/c1-11-8-12(2)10-16(9-11)15(17)14-7-5-4-6-13(14)3/h4-7,11-12H,8-10H2,1-3H3/t11-,12-/m0/s1. The van der Waals surface area contributed by atoms with E-state index < -0.39 is 0 Å². The van der Waals surface area contributed by atoms with Gasteiger partial charge in [-0.15, -0.1) is 0 Å². The van der Waals surface area contributed by atoms with Crippen LogP contribution < -0.4 is 0 Å². The molecule has 0 bridgehead atoms. The lowest BCUT2D eigenvalue weighted by Crippen LogP contribution is -2.42. The first kappa shape index (κ1) is 12.2. The smallest absolute Gasteiger partial charge is 0.254 e. The van der Waals surface area contributed by atoms with Crippen molar-refractivity contribution in [2.45, 2.75) is 27.2 Å². The third-order valence-corrected chi connectivity index (χ3v) is 3.53. The van der Waals surface area contributed by atoms with Gasteiger partial charge >= 0.3 is 0 Å². The highest BCUT2D eigenvalue weighted by Crippen LogP contribution is 2.23. The number of carbonyl (C=O) groups is 1. The maximum absolute atomic E-state index is 12.4. The average Bonchev–Trinajstić information content (AvgIpc) is 2.27. The van der Waals surface area contributed by atoms with Crippen molar-refractivity contribution in [1.82, 2.24) is 4.90 Å². The molecule has 0 spiro atoms. The molecule has 1 aromatic carbocycles. The molecule has 92 valence electrons. The van der Waals surface area contributed by atoms with Gasteiger partial charge < -0.3 is 4.90 Å². The lowest BCUT2D eigenvalue weighted by molar-refractivity contribution is 0.0622. The molecule has 2 heteroatoms. The van der Waals surface area contributed by atoms with Gasteiger partial charge in [-0.05, 0) is 36.8 Å². The zero-order valence-electron chi connectivity index (χ0n) is 10.9. The maximum atomic E-state index is 12.4. The predicted molar refractivity (Wildman–Crippen MR) is 70.0 cm³/mol. The molecule has 0 radical (unpaired) electrons. The fourth-order valence-corrected chi connectivity index (χ4v) is 2.81. The minimum Gasteiger partial charge on any atom is -0.338 e. The van der Waals surface area contributed by atoms with Crippen LogP contribution in [0.5, 0.6) is 0 Å². The summed E-state index contributed by atoms with van der Waals surface area (Å²) in [5.74, 6) is 1.43. The number of hydrogen-bond acceptors (Lipinski definition) is 1. The van der Waals surface area contributed by atoms with E-state index in [-0.39, 0.29) is 5.91 Å². The molecule has 1 aliphatic heterocycles. The monoisotopic (exact) mass is 231 g/mol. The molecule has 1 heterocycles. The van der Waals surface area contributed by atoms with E-state index in [1.54, 1.807) is 0 Å². The van der Waals surface area contributed by atoms with Gasteiger partial charge in [0, 0.05) is 18.7 Å². The molecule has 2 rings (SSSR count). The summed E-state index contributed by atoms with van der Waals surface area (Å²) >= 11 is 0. The van der Waals surface area contributed by atoms with Crippen molar-refractivity contribution >= 4 is 5.91 Å². The minimum atomic E-state index is 0.196. The second kappa shape index (κ2) is 4.91. The largest absolute Gasteiger partial charge is 0.338 e.